The molecule has 1 aromatic carbocycles. The van der Waals surface area contributed by atoms with Gasteiger partial charge in [0.25, 0.3) is 0 Å². The van der Waals surface area contributed by atoms with Crippen LogP contribution < -0.4 is 5.19 Å². The summed E-state index contributed by atoms with van der Waals surface area (Å²) in [6, 6.07) is 12.0. The first kappa shape index (κ1) is 11.9. The van der Waals surface area contributed by atoms with Crippen LogP contribution in [0, 0.1) is 0 Å². The number of hydrogen-bond acceptors (Lipinski definition) is 1. The molecule has 2 rings (SSSR count). The lowest BCUT2D eigenvalue weighted by molar-refractivity contribution is 0.267. The second-order valence-corrected chi connectivity index (χ2v) is 6.79. The van der Waals surface area contributed by atoms with E-state index in [0.717, 1.165) is 6.04 Å². The van der Waals surface area contributed by atoms with Gasteiger partial charge in [0.2, 0.25) is 0 Å². The molecule has 1 aromatic rings. The van der Waals surface area contributed by atoms with Gasteiger partial charge in [-0.15, -0.1) is 0 Å². The molecule has 1 nitrogen and oxygen atoms in total. The summed E-state index contributed by atoms with van der Waals surface area (Å²) >= 11 is 0. The van der Waals surface area contributed by atoms with Gasteiger partial charge in [0.1, 0.15) is 9.68 Å². The van der Waals surface area contributed by atoms with E-state index in [1.807, 2.05) is 0 Å². The summed E-state index contributed by atoms with van der Waals surface area (Å²) in [7, 11) is -0.209. The van der Waals surface area contributed by atoms with Crippen LogP contribution in [-0.2, 0) is 0 Å². The molecule has 0 heterocycles. The average molecular weight is 233 g/mol. The maximum Gasteiger partial charge on any atom is 0.127 e. The van der Waals surface area contributed by atoms with Crippen molar-refractivity contribution in [3.63, 3.8) is 0 Å². The first-order valence-electron chi connectivity index (χ1n) is 6.68. The van der Waals surface area contributed by atoms with Crippen LogP contribution in [0.1, 0.15) is 39.0 Å². The smallest absolute Gasteiger partial charge is 0.127 e. The summed E-state index contributed by atoms with van der Waals surface area (Å²) in [4.78, 5) is 0. The minimum atomic E-state index is -0.209. The zero-order valence-corrected chi connectivity index (χ0v) is 11.8. The predicted octanol–water partition coefficient (Wildman–Crippen LogP) is 2.05. The molecule has 0 aliphatic heterocycles. The van der Waals surface area contributed by atoms with Gasteiger partial charge in [-0.05, 0) is 24.6 Å². The van der Waals surface area contributed by atoms with Crippen molar-refractivity contribution >= 4 is 14.9 Å². The molecule has 0 bridgehead atoms. The monoisotopic (exact) mass is 233 g/mol. The highest BCUT2D eigenvalue weighted by molar-refractivity contribution is 6.50. The number of nitrogens with zero attached hydrogens (tertiary/aromatic N) is 1. The maximum atomic E-state index is 2.79. The van der Waals surface area contributed by atoms with Crippen molar-refractivity contribution in [1.82, 2.24) is 4.57 Å². The number of hydrogen-bond donors (Lipinski definition) is 0. The Morgan fingerprint density at radius 2 is 1.81 bits per heavy atom. The summed E-state index contributed by atoms with van der Waals surface area (Å²) in [5.74, 6) is 0. The molecule has 0 unspecified atom stereocenters. The van der Waals surface area contributed by atoms with Crippen LogP contribution in [0.15, 0.2) is 30.3 Å². The molecule has 0 atom stereocenters. The summed E-state index contributed by atoms with van der Waals surface area (Å²) in [6.07, 6.45) is 7.23. The van der Waals surface area contributed by atoms with Crippen LogP contribution in [0.2, 0.25) is 0 Å². The molecule has 0 radical (unpaired) electrons. The second-order valence-electron chi connectivity index (χ2n) is 4.84. The van der Waals surface area contributed by atoms with Gasteiger partial charge in [0, 0.05) is 6.04 Å². The minimum absolute atomic E-state index is 0.209. The van der Waals surface area contributed by atoms with E-state index in [0.29, 0.717) is 0 Å². The van der Waals surface area contributed by atoms with Gasteiger partial charge < -0.3 is 4.57 Å². The van der Waals surface area contributed by atoms with E-state index in [9.17, 15) is 0 Å². The summed E-state index contributed by atoms with van der Waals surface area (Å²) in [6.45, 7) is 3.57. The zero-order chi connectivity index (χ0) is 11.2. The largest absolute Gasteiger partial charge is 0.322 e. The molecule has 0 aromatic heterocycles. The van der Waals surface area contributed by atoms with Crippen molar-refractivity contribution in [3.05, 3.63) is 30.3 Å². The van der Waals surface area contributed by atoms with E-state index in [-0.39, 0.29) is 9.68 Å². The third-order valence-corrected chi connectivity index (χ3v) is 5.93. The number of benzene rings is 1. The standard InChI is InChI=1S/C14H23NSi/c1-2-15(13-9-5-3-6-10-13)16-14-11-7-4-8-12-14/h4,7-8,11-13H,2-3,5-6,9-10,16H2,1H3. The summed E-state index contributed by atoms with van der Waals surface area (Å²) in [5.41, 5.74) is 0. The Morgan fingerprint density at radius 1 is 1.12 bits per heavy atom. The Kier molecular flexibility index (Phi) is 4.61. The van der Waals surface area contributed by atoms with E-state index >= 15 is 0 Å². The second kappa shape index (κ2) is 6.21. The molecule has 88 valence electrons. The van der Waals surface area contributed by atoms with E-state index in [2.05, 4.69) is 41.8 Å². The fourth-order valence-corrected chi connectivity index (χ4v) is 4.56. The van der Waals surface area contributed by atoms with Crippen LogP contribution in [-0.4, -0.2) is 26.8 Å². The van der Waals surface area contributed by atoms with Gasteiger partial charge in [-0.25, -0.2) is 0 Å². The molecular weight excluding hydrogens is 210 g/mol. The van der Waals surface area contributed by atoms with Gasteiger partial charge in [-0.2, -0.15) is 0 Å². The van der Waals surface area contributed by atoms with Crippen molar-refractivity contribution in [2.75, 3.05) is 6.54 Å². The van der Waals surface area contributed by atoms with Crippen molar-refractivity contribution in [1.29, 1.82) is 0 Å². The molecule has 0 amide bonds. The SMILES string of the molecule is CCN([SiH2]c1ccccc1)C1CCCCC1. The summed E-state index contributed by atoms with van der Waals surface area (Å²) < 4.78 is 2.79. The van der Waals surface area contributed by atoms with Gasteiger partial charge in [-0.1, -0.05) is 56.5 Å². The molecule has 0 N–H and O–H groups in total. The fourth-order valence-electron chi connectivity index (χ4n) is 2.76. The lowest BCUT2D eigenvalue weighted by atomic mass is 9.95. The van der Waals surface area contributed by atoms with Crippen LogP contribution in [0.5, 0.6) is 0 Å². The molecule has 1 fully saturated rings. The highest BCUT2D eigenvalue weighted by Gasteiger charge is 2.19. The summed E-state index contributed by atoms with van der Waals surface area (Å²) in [5, 5.41) is 1.59. The van der Waals surface area contributed by atoms with E-state index in [1.165, 1.54) is 38.6 Å². The lowest BCUT2D eigenvalue weighted by Crippen LogP contribution is -2.44. The van der Waals surface area contributed by atoms with Crippen molar-refractivity contribution < 1.29 is 0 Å². The third-order valence-electron chi connectivity index (χ3n) is 3.73. The van der Waals surface area contributed by atoms with Gasteiger partial charge >= 0.3 is 0 Å². The van der Waals surface area contributed by atoms with Crippen LogP contribution >= 0.6 is 0 Å². The Bertz CT molecular complexity index is 293. The fraction of sp³-hybridized carbons (Fsp3) is 0.571. The number of rotatable bonds is 4. The Hall–Kier alpha value is -0.603. The van der Waals surface area contributed by atoms with Gasteiger partial charge in [0.05, 0.1) is 0 Å². The van der Waals surface area contributed by atoms with Crippen molar-refractivity contribution in [3.8, 4) is 0 Å². The molecule has 1 aliphatic rings. The molecule has 2 heteroatoms. The highest BCUT2D eigenvalue weighted by atomic mass is 28.2. The highest BCUT2D eigenvalue weighted by Crippen LogP contribution is 2.21. The zero-order valence-electron chi connectivity index (χ0n) is 10.4. The Morgan fingerprint density at radius 3 is 2.44 bits per heavy atom. The lowest BCUT2D eigenvalue weighted by Gasteiger charge is -2.33. The normalized spacial score (nSPS) is 18.6. The molecule has 1 saturated carbocycles. The van der Waals surface area contributed by atoms with E-state index in [1.54, 1.807) is 5.19 Å². The Balaban J connectivity index is 1.94. The molecule has 0 saturated heterocycles. The maximum absolute atomic E-state index is 2.79. The van der Waals surface area contributed by atoms with E-state index < -0.39 is 0 Å². The minimum Gasteiger partial charge on any atom is -0.322 e. The molecule has 16 heavy (non-hydrogen) atoms. The predicted molar refractivity (Wildman–Crippen MR) is 73.9 cm³/mol. The van der Waals surface area contributed by atoms with Crippen molar-refractivity contribution in [2.24, 2.45) is 0 Å². The quantitative estimate of drug-likeness (QED) is 0.720. The van der Waals surface area contributed by atoms with Crippen LogP contribution in [0.4, 0.5) is 0 Å². The van der Waals surface area contributed by atoms with Crippen molar-refractivity contribution in [2.45, 2.75) is 45.1 Å². The molecule has 0 spiro atoms. The molecular formula is C14H23NSi. The van der Waals surface area contributed by atoms with Crippen LogP contribution in [0.3, 0.4) is 0 Å². The first-order valence-corrected chi connectivity index (χ1v) is 8.02. The van der Waals surface area contributed by atoms with Gasteiger partial charge in [0.15, 0.2) is 0 Å². The van der Waals surface area contributed by atoms with E-state index in [4.69, 9.17) is 0 Å². The Labute approximate surface area is 102 Å². The first-order chi connectivity index (χ1) is 7.90. The van der Waals surface area contributed by atoms with Crippen LogP contribution in [0.25, 0.3) is 0 Å². The average Bonchev–Trinajstić information content (AvgIpc) is 2.38. The topological polar surface area (TPSA) is 3.24 Å². The third kappa shape index (κ3) is 3.19. The molecule has 1 aliphatic carbocycles. The van der Waals surface area contributed by atoms with Gasteiger partial charge in [-0.3, -0.25) is 0 Å².